The minimum absolute atomic E-state index is 0.105. The van der Waals surface area contributed by atoms with E-state index >= 15 is 0 Å². The first-order chi connectivity index (χ1) is 11.0. The van der Waals surface area contributed by atoms with Gasteiger partial charge in [0.25, 0.3) is 11.4 Å². The zero-order chi connectivity index (χ0) is 16.4. The van der Waals surface area contributed by atoms with Gasteiger partial charge in [-0.3, -0.25) is 4.79 Å². The van der Waals surface area contributed by atoms with Gasteiger partial charge >= 0.3 is 0 Å². The molecule has 0 fully saturated rings. The second-order valence-corrected chi connectivity index (χ2v) is 6.46. The molecule has 118 valence electrons. The Morgan fingerprint density at radius 3 is 2.83 bits per heavy atom. The lowest BCUT2D eigenvalue weighted by atomic mass is 10.2. The molecule has 6 heteroatoms. The van der Waals surface area contributed by atoms with E-state index in [-0.39, 0.29) is 5.56 Å². The zero-order valence-electron chi connectivity index (χ0n) is 13.2. The number of benzene rings is 1. The van der Waals surface area contributed by atoms with Crippen molar-refractivity contribution in [1.82, 2.24) is 14.7 Å². The quantitative estimate of drug-likeness (QED) is 0.688. The molecule has 3 rings (SSSR count). The van der Waals surface area contributed by atoms with Crippen molar-refractivity contribution in [2.45, 2.75) is 24.5 Å². The maximum atomic E-state index is 11.7. The van der Waals surface area contributed by atoms with Crippen molar-refractivity contribution in [3.63, 3.8) is 0 Å². The highest BCUT2D eigenvalue weighted by molar-refractivity contribution is 7.98. The van der Waals surface area contributed by atoms with Crippen LogP contribution in [0.25, 0.3) is 11.5 Å². The molecule has 23 heavy (non-hydrogen) atoms. The van der Waals surface area contributed by atoms with E-state index in [4.69, 9.17) is 4.52 Å². The highest BCUT2D eigenvalue weighted by atomic mass is 32.2. The van der Waals surface area contributed by atoms with Gasteiger partial charge in [0.2, 0.25) is 0 Å². The van der Waals surface area contributed by atoms with Crippen molar-refractivity contribution < 1.29 is 4.52 Å². The lowest BCUT2D eigenvalue weighted by Gasteiger charge is -2.04. The largest absolute Gasteiger partial charge is 0.334 e. The third-order valence-electron chi connectivity index (χ3n) is 3.52. The third kappa shape index (κ3) is 3.53. The number of hydrogen-bond donors (Lipinski definition) is 0. The summed E-state index contributed by atoms with van der Waals surface area (Å²) in [5.41, 5.74) is 3.00. The van der Waals surface area contributed by atoms with E-state index in [1.807, 2.05) is 0 Å². The van der Waals surface area contributed by atoms with Gasteiger partial charge in [-0.2, -0.15) is 4.98 Å². The third-order valence-corrected chi connectivity index (χ3v) is 4.67. The van der Waals surface area contributed by atoms with Gasteiger partial charge in [-0.25, -0.2) is 0 Å². The number of thioether (sulfide) groups is 1. The Kier molecular flexibility index (Phi) is 4.34. The minimum atomic E-state index is -0.105. The number of aryl methyl sites for hydroxylation is 3. The molecule has 0 aliphatic carbocycles. The van der Waals surface area contributed by atoms with Gasteiger partial charge in [0.05, 0.1) is 5.75 Å². The van der Waals surface area contributed by atoms with Crippen LogP contribution in [0.4, 0.5) is 0 Å². The Labute approximate surface area is 138 Å². The molecule has 0 saturated heterocycles. The van der Waals surface area contributed by atoms with Crippen LogP contribution in [0, 0.1) is 13.8 Å². The minimum Gasteiger partial charge on any atom is -0.334 e. The molecule has 0 aliphatic rings. The molecule has 0 atom stereocenters. The fourth-order valence-corrected chi connectivity index (χ4v) is 3.08. The maximum Gasteiger partial charge on any atom is 0.258 e. The number of rotatable bonds is 4. The van der Waals surface area contributed by atoms with Gasteiger partial charge in [0.1, 0.15) is 0 Å². The maximum absolute atomic E-state index is 11.7. The number of hydrogen-bond acceptors (Lipinski definition) is 5. The van der Waals surface area contributed by atoms with Crippen LogP contribution in [0.15, 0.2) is 50.7 Å². The van der Waals surface area contributed by atoms with E-state index in [0.29, 0.717) is 23.0 Å². The fourth-order valence-electron chi connectivity index (χ4n) is 2.12. The van der Waals surface area contributed by atoms with Crippen molar-refractivity contribution in [2.24, 2.45) is 7.05 Å². The van der Waals surface area contributed by atoms with Crippen molar-refractivity contribution >= 4 is 11.8 Å². The molecule has 2 aromatic heterocycles. The van der Waals surface area contributed by atoms with Crippen LogP contribution in [0.1, 0.15) is 17.0 Å². The Morgan fingerprint density at radius 2 is 2.04 bits per heavy atom. The Morgan fingerprint density at radius 1 is 1.22 bits per heavy atom. The average Bonchev–Trinajstić information content (AvgIpc) is 3.00. The molecular formula is C17H17N3O2S. The average molecular weight is 327 g/mol. The highest BCUT2D eigenvalue weighted by Crippen LogP contribution is 2.26. The predicted molar refractivity (Wildman–Crippen MR) is 90.5 cm³/mol. The van der Waals surface area contributed by atoms with Crippen molar-refractivity contribution in [3.8, 4) is 11.5 Å². The molecule has 0 amide bonds. The summed E-state index contributed by atoms with van der Waals surface area (Å²) in [5.74, 6) is 1.62. The second kappa shape index (κ2) is 6.42. The summed E-state index contributed by atoms with van der Waals surface area (Å²) >= 11 is 1.68. The molecule has 0 saturated carbocycles. The predicted octanol–water partition coefficient (Wildman–Crippen LogP) is 3.34. The van der Waals surface area contributed by atoms with E-state index in [1.165, 1.54) is 26.7 Å². The van der Waals surface area contributed by atoms with E-state index in [1.54, 1.807) is 31.1 Å². The Hall–Kier alpha value is -2.34. The number of nitrogens with zero attached hydrogens (tertiary/aromatic N) is 3. The summed E-state index contributed by atoms with van der Waals surface area (Å²) in [5, 5.41) is 4.00. The van der Waals surface area contributed by atoms with Crippen LogP contribution in [0.2, 0.25) is 0 Å². The lowest BCUT2D eigenvalue weighted by Crippen LogP contribution is -2.14. The van der Waals surface area contributed by atoms with Gasteiger partial charge in [-0.1, -0.05) is 22.9 Å². The van der Waals surface area contributed by atoms with Gasteiger partial charge in [0, 0.05) is 29.8 Å². The summed E-state index contributed by atoms with van der Waals surface area (Å²) in [6.45, 7) is 4.16. The molecule has 0 unspecified atom stereocenters. The number of pyridine rings is 1. The number of aromatic nitrogens is 3. The standard InChI is InChI=1S/C17H17N3O2S/c1-11-4-5-12(2)14(8-11)23-10-15-18-17(22-19-15)13-6-7-20(3)16(21)9-13/h4-9H,10H2,1-3H3. The molecular weight excluding hydrogens is 310 g/mol. The molecule has 0 aliphatic heterocycles. The molecule has 0 radical (unpaired) electrons. The summed E-state index contributed by atoms with van der Waals surface area (Å²) in [4.78, 5) is 17.3. The normalized spacial score (nSPS) is 10.9. The van der Waals surface area contributed by atoms with Crippen LogP contribution in [-0.2, 0) is 12.8 Å². The smallest absolute Gasteiger partial charge is 0.258 e. The molecule has 0 spiro atoms. The monoisotopic (exact) mass is 327 g/mol. The van der Waals surface area contributed by atoms with E-state index in [9.17, 15) is 4.79 Å². The van der Waals surface area contributed by atoms with Crippen LogP contribution in [0.5, 0.6) is 0 Å². The first-order valence-corrected chi connectivity index (χ1v) is 8.21. The second-order valence-electron chi connectivity index (χ2n) is 5.44. The van der Waals surface area contributed by atoms with Crippen LogP contribution in [-0.4, -0.2) is 14.7 Å². The SMILES string of the molecule is Cc1ccc(C)c(SCc2noc(-c3ccn(C)c(=O)c3)n2)c1. The van der Waals surface area contributed by atoms with E-state index in [2.05, 4.69) is 42.2 Å². The van der Waals surface area contributed by atoms with Crippen molar-refractivity contribution in [2.75, 3.05) is 0 Å². The van der Waals surface area contributed by atoms with E-state index in [0.717, 1.165) is 0 Å². The van der Waals surface area contributed by atoms with Crippen LogP contribution < -0.4 is 5.56 Å². The molecule has 0 bridgehead atoms. The summed E-state index contributed by atoms with van der Waals surface area (Å²) in [6.07, 6.45) is 1.69. The highest BCUT2D eigenvalue weighted by Gasteiger charge is 2.10. The summed E-state index contributed by atoms with van der Waals surface area (Å²) in [6, 6.07) is 9.65. The van der Waals surface area contributed by atoms with Gasteiger partial charge in [0.15, 0.2) is 5.82 Å². The van der Waals surface area contributed by atoms with Crippen LogP contribution in [0.3, 0.4) is 0 Å². The summed E-state index contributed by atoms with van der Waals surface area (Å²) in [7, 11) is 1.70. The van der Waals surface area contributed by atoms with Gasteiger partial charge in [-0.05, 0) is 31.5 Å². The molecule has 1 aromatic carbocycles. The van der Waals surface area contributed by atoms with Crippen molar-refractivity contribution in [3.05, 3.63) is 63.8 Å². The zero-order valence-corrected chi connectivity index (χ0v) is 14.1. The first kappa shape index (κ1) is 15.6. The lowest BCUT2D eigenvalue weighted by molar-refractivity contribution is 0.425. The van der Waals surface area contributed by atoms with Crippen LogP contribution >= 0.6 is 11.8 Å². The topological polar surface area (TPSA) is 60.9 Å². The first-order valence-electron chi connectivity index (χ1n) is 7.22. The fraction of sp³-hybridized carbons (Fsp3) is 0.235. The molecule has 0 N–H and O–H groups in total. The molecule has 5 nitrogen and oxygen atoms in total. The Bertz CT molecular complexity index is 899. The molecule has 2 heterocycles. The van der Waals surface area contributed by atoms with Gasteiger partial charge < -0.3 is 9.09 Å². The summed E-state index contributed by atoms with van der Waals surface area (Å²) < 4.78 is 6.76. The molecule has 3 aromatic rings. The van der Waals surface area contributed by atoms with Gasteiger partial charge in [-0.15, -0.1) is 11.8 Å². The van der Waals surface area contributed by atoms with Crippen molar-refractivity contribution in [1.29, 1.82) is 0 Å². The van der Waals surface area contributed by atoms with E-state index < -0.39 is 0 Å². The Balaban J connectivity index is 1.75.